The molecule has 0 bridgehead atoms. The molecule has 0 amide bonds. The number of benzene rings is 2. The third-order valence-electron chi connectivity index (χ3n) is 4.51. The molecule has 5 nitrogen and oxygen atoms in total. The van der Waals surface area contributed by atoms with Gasteiger partial charge in [0.1, 0.15) is 5.78 Å². The number of hydrogen-bond acceptors (Lipinski definition) is 3. The molecule has 0 aliphatic carbocycles. The topological polar surface area (TPSA) is 91.7 Å². The molecule has 0 heterocycles. The van der Waals surface area contributed by atoms with Crippen molar-refractivity contribution in [2.24, 2.45) is 5.92 Å². The highest BCUT2D eigenvalue weighted by atomic mass is 16.4. The minimum Gasteiger partial charge on any atom is -0.481 e. The SMILES string of the molecule is Cc1ccc(C=C(C(=O)O)C(CC(=O)C(C)c2ccccc2)C(=O)O)cc1. The van der Waals surface area contributed by atoms with Crippen LogP contribution in [-0.4, -0.2) is 27.9 Å². The van der Waals surface area contributed by atoms with E-state index in [9.17, 15) is 24.6 Å². The Balaban J connectivity index is 2.30. The first kappa shape index (κ1) is 20.1. The lowest BCUT2D eigenvalue weighted by Gasteiger charge is -2.16. The van der Waals surface area contributed by atoms with Crippen molar-refractivity contribution in [2.45, 2.75) is 26.2 Å². The number of carboxylic acid groups (broad SMARTS) is 2. The van der Waals surface area contributed by atoms with E-state index >= 15 is 0 Å². The largest absolute Gasteiger partial charge is 0.481 e. The molecule has 0 saturated heterocycles. The van der Waals surface area contributed by atoms with E-state index in [2.05, 4.69) is 0 Å². The molecule has 0 radical (unpaired) electrons. The molecule has 0 aliphatic heterocycles. The second-order valence-corrected chi connectivity index (χ2v) is 6.51. The summed E-state index contributed by atoms with van der Waals surface area (Å²) in [6.45, 7) is 3.59. The highest BCUT2D eigenvalue weighted by Crippen LogP contribution is 2.25. The van der Waals surface area contributed by atoms with Crippen LogP contribution in [0.1, 0.15) is 36.0 Å². The number of hydrogen-bond donors (Lipinski definition) is 2. The number of aryl methyl sites for hydroxylation is 1. The molecule has 0 saturated carbocycles. The van der Waals surface area contributed by atoms with E-state index in [0.29, 0.717) is 5.56 Å². The average molecular weight is 366 g/mol. The summed E-state index contributed by atoms with van der Waals surface area (Å²) in [5, 5.41) is 19.1. The molecule has 2 unspecified atom stereocenters. The Labute approximate surface area is 158 Å². The summed E-state index contributed by atoms with van der Waals surface area (Å²) in [5.41, 5.74) is 2.05. The number of aliphatic carboxylic acids is 2. The summed E-state index contributed by atoms with van der Waals surface area (Å²) in [6.07, 6.45) is 0.941. The number of ketones is 1. The Hall–Kier alpha value is -3.21. The number of rotatable bonds is 8. The van der Waals surface area contributed by atoms with Crippen molar-refractivity contribution in [3.8, 4) is 0 Å². The molecule has 0 fully saturated rings. The maximum atomic E-state index is 12.6. The zero-order valence-corrected chi connectivity index (χ0v) is 15.3. The Morgan fingerprint density at radius 2 is 1.56 bits per heavy atom. The fraction of sp³-hybridized carbons (Fsp3) is 0.227. The van der Waals surface area contributed by atoms with Crippen LogP contribution in [0.3, 0.4) is 0 Å². The van der Waals surface area contributed by atoms with Crippen molar-refractivity contribution in [1.82, 2.24) is 0 Å². The van der Waals surface area contributed by atoms with Crippen molar-refractivity contribution < 1.29 is 24.6 Å². The predicted molar refractivity (Wildman–Crippen MR) is 102 cm³/mol. The van der Waals surface area contributed by atoms with Gasteiger partial charge in [-0.25, -0.2) is 4.79 Å². The van der Waals surface area contributed by atoms with Gasteiger partial charge in [-0.05, 0) is 24.1 Å². The van der Waals surface area contributed by atoms with Gasteiger partial charge in [-0.3, -0.25) is 9.59 Å². The molecule has 27 heavy (non-hydrogen) atoms. The number of carbonyl (C=O) groups is 3. The van der Waals surface area contributed by atoms with Gasteiger partial charge in [0.25, 0.3) is 0 Å². The summed E-state index contributed by atoms with van der Waals surface area (Å²) in [5.74, 6) is -4.91. The number of carboxylic acids is 2. The summed E-state index contributed by atoms with van der Waals surface area (Å²) in [4.78, 5) is 36.0. The molecule has 5 heteroatoms. The van der Waals surface area contributed by atoms with Crippen molar-refractivity contribution in [3.63, 3.8) is 0 Å². The van der Waals surface area contributed by atoms with Gasteiger partial charge in [-0.2, -0.15) is 0 Å². The van der Waals surface area contributed by atoms with Crippen molar-refractivity contribution in [3.05, 3.63) is 76.9 Å². The van der Waals surface area contributed by atoms with Crippen LogP contribution in [0.4, 0.5) is 0 Å². The van der Waals surface area contributed by atoms with Gasteiger partial charge in [0.05, 0.1) is 11.5 Å². The lowest BCUT2D eigenvalue weighted by molar-refractivity contribution is -0.145. The van der Waals surface area contributed by atoms with Crippen LogP contribution in [0.25, 0.3) is 6.08 Å². The minimum atomic E-state index is -1.41. The van der Waals surface area contributed by atoms with Crippen LogP contribution in [0.15, 0.2) is 60.2 Å². The first-order valence-corrected chi connectivity index (χ1v) is 8.61. The Morgan fingerprint density at radius 1 is 0.963 bits per heavy atom. The van der Waals surface area contributed by atoms with Crippen LogP contribution in [0.2, 0.25) is 0 Å². The number of carbonyl (C=O) groups excluding carboxylic acids is 1. The van der Waals surface area contributed by atoms with Crippen molar-refractivity contribution in [2.75, 3.05) is 0 Å². The quantitative estimate of drug-likeness (QED) is 0.691. The smallest absolute Gasteiger partial charge is 0.332 e. The molecule has 2 atom stereocenters. The first-order valence-electron chi connectivity index (χ1n) is 8.61. The van der Waals surface area contributed by atoms with E-state index in [-0.39, 0.29) is 17.8 Å². The monoisotopic (exact) mass is 366 g/mol. The van der Waals surface area contributed by atoms with Gasteiger partial charge in [0, 0.05) is 12.3 Å². The fourth-order valence-electron chi connectivity index (χ4n) is 2.79. The molecule has 2 aromatic rings. The minimum absolute atomic E-state index is 0.306. The van der Waals surface area contributed by atoms with Crippen molar-refractivity contribution >= 4 is 23.8 Å². The van der Waals surface area contributed by atoms with Crippen LogP contribution >= 0.6 is 0 Å². The van der Waals surface area contributed by atoms with Crippen LogP contribution in [0, 0.1) is 12.8 Å². The highest BCUT2D eigenvalue weighted by Gasteiger charge is 2.31. The fourth-order valence-corrected chi connectivity index (χ4v) is 2.79. The zero-order chi connectivity index (χ0) is 20.0. The summed E-state index contributed by atoms with van der Waals surface area (Å²) in [6, 6.07) is 16.1. The van der Waals surface area contributed by atoms with E-state index in [0.717, 1.165) is 11.1 Å². The van der Waals surface area contributed by atoms with E-state index in [1.54, 1.807) is 43.3 Å². The van der Waals surface area contributed by atoms with Crippen molar-refractivity contribution in [1.29, 1.82) is 0 Å². The Morgan fingerprint density at radius 3 is 2.07 bits per heavy atom. The van der Waals surface area contributed by atoms with Crippen LogP contribution in [-0.2, 0) is 14.4 Å². The third-order valence-corrected chi connectivity index (χ3v) is 4.51. The summed E-state index contributed by atoms with van der Waals surface area (Å²) >= 11 is 0. The van der Waals surface area contributed by atoms with Crippen LogP contribution < -0.4 is 0 Å². The van der Waals surface area contributed by atoms with Crippen LogP contribution in [0.5, 0.6) is 0 Å². The molecule has 2 aromatic carbocycles. The van der Waals surface area contributed by atoms with Gasteiger partial charge in [0.2, 0.25) is 0 Å². The maximum Gasteiger partial charge on any atom is 0.332 e. The van der Waals surface area contributed by atoms with Gasteiger partial charge in [-0.1, -0.05) is 67.1 Å². The molecule has 0 spiro atoms. The molecule has 2 rings (SSSR count). The molecule has 140 valence electrons. The van der Waals surface area contributed by atoms with E-state index < -0.39 is 23.8 Å². The van der Waals surface area contributed by atoms with E-state index in [4.69, 9.17) is 0 Å². The maximum absolute atomic E-state index is 12.6. The third kappa shape index (κ3) is 5.38. The standard InChI is InChI=1S/C22H22O5/c1-14-8-10-16(11-9-14)12-18(21(24)25)19(22(26)27)13-20(23)15(2)17-6-4-3-5-7-17/h3-12,15,19H,13H2,1-2H3,(H,24,25)(H,26,27). The van der Waals surface area contributed by atoms with Gasteiger partial charge < -0.3 is 10.2 Å². The second-order valence-electron chi connectivity index (χ2n) is 6.51. The Kier molecular flexibility index (Phi) is 6.66. The molecule has 2 N–H and O–H groups in total. The van der Waals surface area contributed by atoms with E-state index in [1.807, 2.05) is 25.1 Å². The molecular weight excluding hydrogens is 344 g/mol. The van der Waals surface area contributed by atoms with Gasteiger partial charge in [0.15, 0.2) is 0 Å². The molecule has 0 aromatic heterocycles. The highest BCUT2D eigenvalue weighted by molar-refractivity contribution is 6.01. The Bertz CT molecular complexity index is 850. The number of Topliss-reactive ketones (excluding diaryl/α,β-unsaturated/α-hetero) is 1. The predicted octanol–water partition coefficient (Wildman–Crippen LogP) is 3.93. The van der Waals surface area contributed by atoms with Gasteiger partial charge in [-0.15, -0.1) is 0 Å². The lowest BCUT2D eigenvalue weighted by atomic mass is 9.86. The summed E-state index contributed by atoms with van der Waals surface area (Å²) in [7, 11) is 0. The molecule has 0 aliphatic rings. The average Bonchev–Trinajstić information content (AvgIpc) is 2.65. The normalized spacial score (nSPS) is 13.6. The first-order chi connectivity index (χ1) is 12.8. The molecular formula is C22H22O5. The van der Waals surface area contributed by atoms with Gasteiger partial charge >= 0.3 is 11.9 Å². The zero-order valence-electron chi connectivity index (χ0n) is 15.3. The second kappa shape index (κ2) is 8.94. The summed E-state index contributed by atoms with van der Waals surface area (Å²) < 4.78 is 0. The van der Waals surface area contributed by atoms with E-state index in [1.165, 1.54) is 6.08 Å². The lowest BCUT2D eigenvalue weighted by Crippen LogP contribution is -2.26.